The van der Waals surface area contributed by atoms with Crippen molar-refractivity contribution in [2.45, 2.75) is 118 Å². The van der Waals surface area contributed by atoms with Crippen molar-refractivity contribution < 1.29 is 4.39 Å². The molecule has 7 aromatic rings. The molecular weight excluding hydrogens is 746 g/mol. The molecule has 316 valence electrons. The molecule has 0 spiro atoms. The molecule has 7 rings (SSSR count). The number of aromatic nitrogens is 1. The number of nitrogens with zero attached hydrogens (tertiary/aromatic N) is 3. The van der Waals surface area contributed by atoms with E-state index in [1.54, 1.807) is 12.1 Å². The molecule has 2 atom stereocenters. The second-order valence-corrected chi connectivity index (χ2v) is 17.7. The summed E-state index contributed by atoms with van der Waals surface area (Å²) in [5.41, 5.74) is 14.6. The molecule has 6 aromatic carbocycles. The lowest BCUT2D eigenvalue weighted by molar-refractivity contribution is 0.600. The summed E-state index contributed by atoms with van der Waals surface area (Å²) in [6.45, 7) is 18.4. The number of aryl methyl sites for hydroxylation is 1. The van der Waals surface area contributed by atoms with Gasteiger partial charge in [0, 0.05) is 63.1 Å². The number of hydrogen-bond donors (Lipinski definition) is 0. The average molecular weight is 812 g/mol. The number of unbranched alkanes of at least 4 members (excludes halogenated alkanes) is 1. The molecular formula is C57H66FN3. The lowest BCUT2D eigenvalue weighted by Gasteiger charge is -2.32. The van der Waals surface area contributed by atoms with Gasteiger partial charge in [0.15, 0.2) is 0 Å². The number of benzene rings is 6. The molecule has 4 heteroatoms. The molecule has 0 aliphatic heterocycles. The molecule has 1 heterocycles. The third kappa shape index (κ3) is 8.92. The average Bonchev–Trinajstić information content (AvgIpc) is 3.57. The fourth-order valence-electron chi connectivity index (χ4n) is 9.28. The van der Waals surface area contributed by atoms with Crippen LogP contribution in [-0.4, -0.2) is 10.6 Å². The first-order chi connectivity index (χ1) is 29.5. The van der Waals surface area contributed by atoms with Crippen molar-refractivity contribution in [1.82, 2.24) is 4.57 Å². The van der Waals surface area contributed by atoms with Gasteiger partial charge in [-0.25, -0.2) is 4.39 Å². The maximum atomic E-state index is 14.1. The Kier molecular flexibility index (Phi) is 13.5. The van der Waals surface area contributed by atoms with E-state index in [0.717, 1.165) is 67.7 Å². The van der Waals surface area contributed by atoms with E-state index in [1.807, 2.05) is 12.1 Å². The predicted molar refractivity (Wildman–Crippen MR) is 262 cm³/mol. The minimum Gasteiger partial charge on any atom is -0.344 e. The summed E-state index contributed by atoms with van der Waals surface area (Å²) in [5.74, 6) is 0.348. The van der Waals surface area contributed by atoms with Crippen LogP contribution in [-0.2, 0) is 12.5 Å². The first-order valence-corrected chi connectivity index (χ1v) is 22.9. The quantitative estimate of drug-likeness (QED) is 0.0907. The van der Waals surface area contributed by atoms with E-state index in [0.29, 0.717) is 5.92 Å². The molecule has 0 bridgehead atoms. The summed E-state index contributed by atoms with van der Waals surface area (Å²) < 4.78 is 16.5. The molecule has 0 radical (unpaired) electrons. The number of allylic oxidation sites excluding steroid dienone is 1. The van der Waals surface area contributed by atoms with Gasteiger partial charge in [0.25, 0.3) is 0 Å². The van der Waals surface area contributed by atoms with Gasteiger partial charge < -0.3 is 14.4 Å². The van der Waals surface area contributed by atoms with Crippen molar-refractivity contribution in [3.05, 3.63) is 173 Å². The lowest BCUT2D eigenvalue weighted by atomic mass is 9.77. The van der Waals surface area contributed by atoms with Gasteiger partial charge in [-0.15, -0.1) is 0 Å². The molecule has 0 aliphatic carbocycles. The summed E-state index contributed by atoms with van der Waals surface area (Å²) in [6.07, 6.45) is 7.51. The number of para-hydroxylation sites is 1. The van der Waals surface area contributed by atoms with E-state index < -0.39 is 0 Å². The van der Waals surface area contributed by atoms with Gasteiger partial charge in [0.1, 0.15) is 5.82 Å². The van der Waals surface area contributed by atoms with E-state index in [2.05, 4.69) is 192 Å². The van der Waals surface area contributed by atoms with Gasteiger partial charge in [-0.1, -0.05) is 141 Å². The Labute approximate surface area is 365 Å². The topological polar surface area (TPSA) is 11.4 Å². The standard InChI is InChI=1S/C57H66FN3/c1-10-14-19-41(6)60(49-33-29-47(58)30-34-49)51-35-37-53-52-36-24-44(38-54(52)59(9)55(53)39-51)56(42(13-4)18-11-2)61(48-20-16-15-17-21-48)50-31-27-46(28-32-50)57(7,8)45-25-22-43(23-26-45)40(5)12-3/h15-17,20-41H,10-14,18-19H2,1-9H3/b56-42+. The van der Waals surface area contributed by atoms with Crippen LogP contribution < -0.4 is 9.80 Å². The maximum Gasteiger partial charge on any atom is 0.123 e. The van der Waals surface area contributed by atoms with E-state index in [4.69, 9.17) is 0 Å². The third-order valence-corrected chi connectivity index (χ3v) is 13.3. The van der Waals surface area contributed by atoms with Crippen molar-refractivity contribution >= 4 is 50.3 Å². The Morgan fingerprint density at radius 1 is 0.639 bits per heavy atom. The normalized spacial score (nSPS) is 13.3. The fraction of sp³-hybridized carbons (Fsp3) is 0.333. The van der Waals surface area contributed by atoms with Crippen LogP contribution in [0, 0.1) is 5.82 Å². The number of anilines is 4. The Bertz CT molecular complexity index is 2560. The van der Waals surface area contributed by atoms with Gasteiger partial charge in [-0.3, -0.25) is 0 Å². The second kappa shape index (κ2) is 19.0. The summed E-state index contributed by atoms with van der Waals surface area (Å²) >= 11 is 0. The number of hydrogen-bond acceptors (Lipinski definition) is 2. The zero-order valence-electron chi connectivity index (χ0n) is 38.1. The first-order valence-electron chi connectivity index (χ1n) is 22.9. The zero-order valence-corrected chi connectivity index (χ0v) is 38.1. The highest BCUT2D eigenvalue weighted by Crippen LogP contribution is 2.43. The van der Waals surface area contributed by atoms with Crippen LogP contribution in [0.15, 0.2) is 145 Å². The van der Waals surface area contributed by atoms with Crippen LogP contribution in [0.1, 0.15) is 129 Å². The van der Waals surface area contributed by atoms with Gasteiger partial charge in [0.05, 0.1) is 11.2 Å². The molecule has 61 heavy (non-hydrogen) atoms. The van der Waals surface area contributed by atoms with Crippen LogP contribution in [0.4, 0.5) is 27.1 Å². The lowest BCUT2D eigenvalue weighted by Crippen LogP contribution is -2.28. The fourth-order valence-corrected chi connectivity index (χ4v) is 9.28. The van der Waals surface area contributed by atoms with Crippen LogP contribution in [0.2, 0.25) is 0 Å². The Balaban J connectivity index is 1.33. The zero-order chi connectivity index (χ0) is 43.3. The SMILES string of the molecule is CCCCC(C)N(c1ccc(F)cc1)c1ccc2c3ccc(/C(=C(/CC)CCC)N(c4ccccc4)c4ccc(C(C)(C)c5ccc(C(C)CC)cc5)cc4)cc3n(C)c2c1. The highest BCUT2D eigenvalue weighted by molar-refractivity contribution is 6.10. The number of rotatable bonds is 17. The summed E-state index contributed by atoms with van der Waals surface area (Å²) in [4.78, 5) is 4.87. The Morgan fingerprint density at radius 3 is 1.82 bits per heavy atom. The van der Waals surface area contributed by atoms with Crippen molar-refractivity contribution in [3.8, 4) is 0 Å². The van der Waals surface area contributed by atoms with Crippen molar-refractivity contribution in [2.24, 2.45) is 7.05 Å². The maximum absolute atomic E-state index is 14.1. The van der Waals surface area contributed by atoms with Gasteiger partial charge in [-0.05, 0) is 128 Å². The van der Waals surface area contributed by atoms with Crippen molar-refractivity contribution in [1.29, 1.82) is 0 Å². The second-order valence-electron chi connectivity index (χ2n) is 17.7. The summed E-state index contributed by atoms with van der Waals surface area (Å²) in [5, 5.41) is 2.47. The molecule has 0 aliphatic rings. The summed E-state index contributed by atoms with van der Waals surface area (Å²) in [7, 11) is 2.20. The molecule has 3 nitrogen and oxygen atoms in total. The minimum absolute atomic E-state index is 0.150. The highest BCUT2D eigenvalue weighted by Gasteiger charge is 2.26. The van der Waals surface area contributed by atoms with Crippen LogP contribution >= 0.6 is 0 Å². The van der Waals surface area contributed by atoms with E-state index in [1.165, 1.54) is 55.3 Å². The molecule has 1 aromatic heterocycles. The number of fused-ring (bicyclic) bond motifs is 3. The van der Waals surface area contributed by atoms with Crippen molar-refractivity contribution in [2.75, 3.05) is 9.80 Å². The molecule has 2 unspecified atom stereocenters. The van der Waals surface area contributed by atoms with Gasteiger partial charge in [0.2, 0.25) is 0 Å². The largest absolute Gasteiger partial charge is 0.344 e. The van der Waals surface area contributed by atoms with Crippen molar-refractivity contribution in [3.63, 3.8) is 0 Å². The summed E-state index contributed by atoms with van der Waals surface area (Å²) in [6, 6.07) is 50.6. The molecule has 0 saturated carbocycles. The molecule has 0 amide bonds. The van der Waals surface area contributed by atoms with E-state index in [9.17, 15) is 4.39 Å². The Hall–Kier alpha value is -5.61. The van der Waals surface area contributed by atoms with Crippen LogP contribution in [0.25, 0.3) is 27.5 Å². The molecule has 0 saturated heterocycles. The monoisotopic (exact) mass is 812 g/mol. The highest BCUT2D eigenvalue weighted by atomic mass is 19.1. The first kappa shape index (κ1) is 43.5. The van der Waals surface area contributed by atoms with E-state index >= 15 is 0 Å². The third-order valence-electron chi connectivity index (χ3n) is 13.3. The van der Waals surface area contributed by atoms with Crippen LogP contribution in [0.3, 0.4) is 0 Å². The number of halogens is 1. The molecule has 0 N–H and O–H groups in total. The molecule has 0 fully saturated rings. The minimum atomic E-state index is -0.214. The Morgan fingerprint density at radius 2 is 1.21 bits per heavy atom. The van der Waals surface area contributed by atoms with Gasteiger partial charge in [-0.2, -0.15) is 0 Å². The van der Waals surface area contributed by atoms with E-state index in [-0.39, 0.29) is 17.3 Å². The smallest absolute Gasteiger partial charge is 0.123 e. The van der Waals surface area contributed by atoms with Crippen LogP contribution in [0.5, 0.6) is 0 Å². The van der Waals surface area contributed by atoms with Gasteiger partial charge >= 0.3 is 0 Å². The predicted octanol–water partition coefficient (Wildman–Crippen LogP) is 16.8.